The molecule has 1 aliphatic carbocycles. The Morgan fingerprint density at radius 1 is 1.00 bits per heavy atom. The second-order valence-electron chi connectivity index (χ2n) is 4.86. The zero-order chi connectivity index (χ0) is 13.2. The Bertz CT molecular complexity index is 638. The average molecular weight is 247 g/mol. The maximum atomic E-state index is 6.21. The number of nitrogens with two attached hydrogens (primary N) is 1. The predicted octanol–water partition coefficient (Wildman–Crippen LogP) is 3.56. The van der Waals surface area contributed by atoms with E-state index in [9.17, 15) is 0 Å². The summed E-state index contributed by atoms with van der Waals surface area (Å²) in [6.45, 7) is 3.84. The molecule has 0 saturated heterocycles. The van der Waals surface area contributed by atoms with Crippen molar-refractivity contribution in [2.24, 2.45) is 5.73 Å². The maximum Gasteiger partial charge on any atom is 0.0450 e. The van der Waals surface area contributed by atoms with Crippen molar-refractivity contribution in [2.45, 2.75) is 12.5 Å². The van der Waals surface area contributed by atoms with Crippen LogP contribution in [0.5, 0.6) is 0 Å². The van der Waals surface area contributed by atoms with Crippen LogP contribution in [0.15, 0.2) is 72.8 Å². The highest BCUT2D eigenvalue weighted by atomic mass is 14.6. The lowest BCUT2D eigenvalue weighted by molar-refractivity contribution is 0.919. The van der Waals surface area contributed by atoms with E-state index in [0.717, 1.165) is 6.42 Å². The van der Waals surface area contributed by atoms with E-state index in [4.69, 9.17) is 5.73 Å². The molecule has 2 N–H and O–H groups in total. The first-order valence-corrected chi connectivity index (χ1v) is 6.56. The van der Waals surface area contributed by atoms with Gasteiger partial charge in [-0.25, -0.2) is 0 Å². The highest BCUT2D eigenvalue weighted by molar-refractivity contribution is 5.88. The highest BCUT2D eigenvalue weighted by Gasteiger charge is 2.24. The molecule has 0 amide bonds. The summed E-state index contributed by atoms with van der Waals surface area (Å²) in [7, 11) is 0. The lowest BCUT2D eigenvalue weighted by Crippen LogP contribution is -2.20. The molecule has 2 aromatic rings. The van der Waals surface area contributed by atoms with E-state index in [1.54, 1.807) is 0 Å². The van der Waals surface area contributed by atoms with Gasteiger partial charge in [-0.2, -0.15) is 0 Å². The van der Waals surface area contributed by atoms with Gasteiger partial charge in [0.25, 0.3) is 0 Å². The summed E-state index contributed by atoms with van der Waals surface area (Å²) in [5.74, 6) is 0. The van der Waals surface area contributed by atoms with Crippen molar-refractivity contribution in [1.82, 2.24) is 0 Å². The number of fused-ring (bicyclic) bond motifs is 1. The molecule has 0 fully saturated rings. The minimum Gasteiger partial charge on any atom is -0.321 e. The van der Waals surface area contributed by atoms with Crippen molar-refractivity contribution in [3.8, 4) is 0 Å². The Labute approximate surface area is 114 Å². The van der Waals surface area contributed by atoms with Gasteiger partial charge in [0, 0.05) is 6.04 Å². The number of benzene rings is 2. The molecule has 1 heteroatoms. The van der Waals surface area contributed by atoms with Gasteiger partial charge in [-0.05, 0) is 34.3 Å². The first-order valence-electron chi connectivity index (χ1n) is 6.56. The minimum absolute atomic E-state index is 0.0809. The Balaban J connectivity index is 2.21. The molecule has 1 unspecified atom stereocenters. The molecule has 94 valence electrons. The summed E-state index contributed by atoms with van der Waals surface area (Å²) in [6.07, 6.45) is 2.75. The van der Waals surface area contributed by atoms with Crippen LogP contribution in [-0.2, 0) is 6.42 Å². The third-order valence-electron chi connectivity index (χ3n) is 3.71. The van der Waals surface area contributed by atoms with Gasteiger partial charge in [0.15, 0.2) is 0 Å². The predicted molar refractivity (Wildman–Crippen MR) is 80.8 cm³/mol. The van der Waals surface area contributed by atoms with E-state index < -0.39 is 0 Å². The van der Waals surface area contributed by atoms with E-state index in [1.165, 1.54) is 27.8 Å². The van der Waals surface area contributed by atoms with Crippen molar-refractivity contribution in [2.75, 3.05) is 0 Å². The van der Waals surface area contributed by atoms with Crippen LogP contribution < -0.4 is 5.73 Å². The lowest BCUT2D eigenvalue weighted by atomic mass is 9.95. The average Bonchev–Trinajstić information content (AvgIpc) is 2.86. The summed E-state index contributed by atoms with van der Waals surface area (Å²) in [5.41, 5.74) is 12.7. The minimum atomic E-state index is -0.0809. The van der Waals surface area contributed by atoms with E-state index in [1.807, 2.05) is 12.1 Å². The van der Waals surface area contributed by atoms with Crippen LogP contribution in [0.4, 0.5) is 0 Å². The quantitative estimate of drug-likeness (QED) is 0.825. The molecule has 2 aromatic carbocycles. The fraction of sp³-hybridized carbons (Fsp3) is 0.111. The molecule has 0 radical (unpaired) electrons. The summed E-state index contributed by atoms with van der Waals surface area (Å²) >= 11 is 0. The third kappa shape index (κ3) is 2.02. The van der Waals surface area contributed by atoms with Crippen LogP contribution >= 0.6 is 0 Å². The van der Waals surface area contributed by atoms with E-state index in [2.05, 4.69) is 55.1 Å². The molecule has 19 heavy (non-hydrogen) atoms. The van der Waals surface area contributed by atoms with Gasteiger partial charge in [0.1, 0.15) is 0 Å². The SMILES string of the molecule is C=CC(N)C1=C(c2ccccc2)c2ccccc2C1. The standard InChI is InChI=1S/C18H17N/c1-2-17(19)16-12-14-10-6-7-11-15(14)18(16)13-8-4-3-5-9-13/h2-11,17H,1,12,19H2. The van der Waals surface area contributed by atoms with Gasteiger partial charge in [0.05, 0.1) is 0 Å². The Morgan fingerprint density at radius 3 is 2.42 bits per heavy atom. The van der Waals surface area contributed by atoms with Gasteiger partial charge in [-0.3, -0.25) is 0 Å². The Morgan fingerprint density at radius 2 is 1.68 bits per heavy atom. The molecule has 0 spiro atoms. The van der Waals surface area contributed by atoms with Crippen LogP contribution in [0.1, 0.15) is 16.7 Å². The largest absolute Gasteiger partial charge is 0.321 e. The zero-order valence-corrected chi connectivity index (χ0v) is 10.8. The first-order chi connectivity index (χ1) is 9.31. The number of rotatable bonds is 3. The summed E-state index contributed by atoms with van der Waals surface area (Å²) in [5, 5.41) is 0. The maximum absolute atomic E-state index is 6.21. The van der Waals surface area contributed by atoms with Crippen molar-refractivity contribution in [3.63, 3.8) is 0 Å². The molecule has 1 nitrogen and oxygen atoms in total. The van der Waals surface area contributed by atoms with Crippen LogP contribution in [0.3, 0.4) is 0 Å². The normalized spacial score (nSPS) is 15.2. The van der Waals surface area contributed by atoms with Crippen LogP contribution in [0.25, 0.3) is 5.57 Å². The summed E-state index contributed by atoms with van der Waals surface area (Å²) in [6, 6.07) is 18.9. The van der Waals surface area contributed by atoms with Crippen molar-refractivity contribution in [1.29, 1.82) is 0 Å². The van der Waals surface area contributed by atoms with Gasteiger partial charge >= 0.3 is 0 Å². The molecule has 0 saturated carbocycles. The Kier molecular flexibility index (Phi) is 3.06. The van der Waals surface area contributed by atoms with Gasteiger partial charge in [0.2, 0.25) is 0 Å². The van der Waals surface area contributed by atoms with E-state index in [-0.39, 0.29) is 6.04 Å². The topological polar surface area (TPSA) is 26.0 Å². The molecule has 1 aliphatic rings. The van der Waals surface area contributed by atoms with E-state index >= 15 is 0 Å². The van der Waals surface area contributed by atoms with Crippen molar-refractivity contribution >= 4 is 5.57 Å². The van der Waals surface area contributed by atoms with Gasteiger partial charge < -0.3 is 5.73 Å². The van der Waals surface area contributed by atoms with E-state index in [0.29, 0.717) is 0 Å². The number of hydrogen-bond acceptors (Lipinski definition) is 1. The molecule has 0 aromatic heterocycles. The molecule has 0 heterocycles. The van der Waals surface area contributed by atoms with Gasteiger partial charge in [-0.15, -0.1) is 6.58 Å². The van der Waals surface area contributed by atoms with Crippen molar-refractivity contribution < 1.29 is 0 Å². The molecule has 3 rings (SSSR count). The van der Waals surface area contributed by atoms with Crippen molar-refractivity contribution in [3.05, 3.63) is 89.5 Å². The fourth-order valence-corrected chi connectivity index (χ4v) is 2.76. The molecule has 0 aliphatic heterocycles. The van der Waals surface area contributed by atoms with Crippen LogP contribution in [0.2, 0.25) is 0 Å². The zero-order valence-electron chi connectivity index (χ0n) is 10.8. The monoisotopic (exact) mass is 247 g/mol. The third-order valence-corrected chi connectivity index (χ3v) is 3.71. The summed E-state index contributed by atoms with van der Waals surface area (Å²) in [4.78, 5) is 0. The molecular weight excluding hydrogens is 230 g/mol. The van der Waals surface area contributed by atoms with Gasteiger partial charge in [-0.1, -0.05) is 60.7 Å². The summed E-state index contributed by atoms with van der Waals surface area (Å²) < 4.78 is 0. The number of hydrogen-bond donors (Lipinski definition) is 1. The van der Waals surface area contributed by atoms with Crippen LogP contribution in [-0.4, -0.2) is 6.04 Å². The Hall–Kier alpha value is -2.12. The first kappa shape index (κ1) is 11.9. The fourth-order valence-electron chi connectivity index (χ4n) is 2.76. The second-order valence-corrected chi connectivity index (χ2v) is 4.86. The second kappa shape index (κ2) is 4.87. The molecular formula is C18H17N. The highest BCUT2D eigenvalue weighted by Crippen LogP contribution is 2.38. The molecule has 1 atom stereocenters. The molecule has 0 bridgehead atoms. The van der Waals surface area contributed by atoms with Crippen LogP contribution in [0, 0.1) is 0 Å². The lowest BCUT2D eigenvalue weighted by Gasteiger charge is -2.12. The smallest absolute Gasteiger partial charge is 0.0450 e.